The average molecular weight is 245 g/mol. The van der Waals surface area contributed by atoms with Gasteiger partial charge < -0.3 is 15.7 Å². The molecule has 1 aromatic heterocycles. The maximum absolute atomic E-state index is 11.6. The number of hydrogen-bond donors (Lipinski definition) is 3. The van der Waals surface area contributed by atoms with Gasteiger partial charge in [0.15, 0.2) is 0 Å². The summed E-state index contributed by atoms with van der Waals surface area (Å²) in [4.78, 5) is 15.9. The summed E-state index contributed by atoms with van der Waals surface area (Å²) < 4.78 is 0. The maximum atomic E-state index is 11.6. The third-order valence-electron chi connectivity index (χ3n) is 2.48. The van der Waals surface area contributed by atoms with Crippen LogP contribution in [0, 0.1) is 0 Å². The number of pyridine rings is 1. The first-order valence-corrected chi connectivity index (χ1v) is 5.76. The van der Waals surface area contributed by atoms with Crippen molar-refractivity contribution in [3.63, 3.8) is 0 Å². The van der Waals surface area contributed by atoms with E-state index in [0.29, 0.717) is 12.2 Å². The average Bonchev–Trinajstić information content (AvgIpc) is 2.39. The second kappa shape index (κ2) is 6.09. The zero-order chi connectivity index (χ0) is 12.8. The van der Waals surface area contributed by atoms with Crippen LogP contribution in [0.1, 0.15) is 0 Å². The Balaban J connectivity index is 2.09. The van der Waals surface area contributed by atoms with Gasteiger partial charge in [-0.15, -0.1) is 0 Å². The van der Waals surface area contributed by atoms with E-state index in [0.717, 1.165) is 10.9 Å². The number of aromatic nitrogens is 1. The van der Waals surface area contributed by atoms with Crippen molar-refractivity contribution in [2.75, 3.05) is 25.0 Å². The number of aliphatic hydroxyl groups is 1. The summed E-state index contributed by atoms with van der Waals surface area (Å²) in [7, 11) is 0. The van der Waals surface area contributed by atoms with E-state index >= 15 is 0 Å². The summed E-state index contributed by atoms with van der Waals surface area (Å²) >= 11 is 0. The second-order valence-corrected chi connectivity index (χ2v) is 3.83. The molecule has 1 heterocycles. The van der Waals surface area contributed by atoms with Gasteiger partial charge in [0.25, 0.3) is 0 Å². The van der Waals surface area contributed by atoms with E-state index in [1.54, 1.807) is 6.20 Å². The number of carbonyl (C=O) groups excluding carboxylic acids is 1. The summed E-state index contributed by atoms with van der Waals surface area (Å²) in [6, 6.07) is 9.45. The van der Waals surface area contributed by atoms with Gasteiger partial charge in [-0.25, -0.2) is 0 Å². The van der Waals surface area contributed by atoms with Gasteiger partial charge in [-0.2, -0.15) is 0 Å². The molecule has 0 unspecified atom stereocenters. The molecule has 0 bridgehead atoms. The number of nitrogens with one attached hydrogen (secondary N) is 2. The maximum Gasteiger partial charge on any atom is 0.238 e. The topological polar surface area (TPSA) is 74.2 Å². The predicted molar refractivity (Wildman–Crippen MR) is 70.3 cm³/mol. The van der Waals surface area contributed by atoms with Gasteiger partial charge in [-0.05, 0) is 12.1 Å². The molecule has 5 nitrogen and oxygen atoms in total. The van der Waals surface area contributed by atoms with Crippen LogP contribution in [0.4, 0.5) is 5.69 Å². The number of aliphatic hydroxyl groups excluding tert-OH is 1. The molecule has 3 N–H and O–H groups in total. The fourth-order valence-corrected chi connectivity index (χ4v) is 1.68. The standard InChI is InChI=1S/C13H15N3O2/c17-8-7-14-9-12(18)16-11-5-1-3-10-4-2-6-15-13(10)11/h1-6,14,17H,7-9H2,(H,16,18). The highest BCUT2D eigenvalue weighted by Gasteiger charge is 2.05. The van der Waals surface area contributed by atoms with Crippen LogP contribution in [0.5, 0.6) is 0 Å². The van der Waals surface area contributed by atoms with E-state index in [1.807, 2.05) is 30.3 Å². The number of anilines is 1. The Bertz CT molecular complexity index is 537. The van der Waals surface area contributed by atoms with E-state index in [2.05, 4.69) is 15.6 Å². The van der Waals surface area contributed by atoms with E-state index in [1.165, 1.54) is 0 Å². The lowest BCUT2D eigenvalue weighted by molar-refractivity contribution is -0.115. The molecular formula is C13H15N3O2. The molecule has 0 radical (unpaired) electrons. The van der Waals surface area contributed by atoms with Crippen molar-refractivity contribution in [2.24, 2.45) is 0 Å². The fourth-order valence-electron chi connectivity index (χ4n) is 1.68. The first kappa shape index (κ1) is 12.5. The molecule has 0 fully saturated rings. The summed E-state index contributed by atoms with van der Waals surface area (Å²) in [6.45, 7) is 0.591. The van der Waals surface area contributed by atoms with Crippen molar-refractivity contribution < 1.29 is 9.90 Å². The third kappa shape index (κ3) is 3.03. The lowest BCUT2D eigenvalue weighted by Crippen LogP contribution is -2.30. The Labute approximate surface area is 105 Å². The number of benzene rings is 1. The minimum Gasteiger partial charge on any atom is -0.395 e. The first-order chi connectivity index (χ1) is 8.81. The van der Waals surface area contributed by atoms with Crippen LogP contribution in [0.3, 0.4) is 0 Å². The number of carbonyl (C=O) groups is 1. The monoisotopic (exact) mass is 245 g/mol. The molecular weight excluding hydrogens is 230 g/mol. The van der Waals surface area contributed by atoms with Crippen molar-refractivity contribution >= 4 is 22.5 Å². The van der Waals surface area contributed by atoms with E-state index in [4.69, 9.17) is 5.11 Å². The Kier molecular flexibility index (Phi) is 4.22. The quantitative estimate of drug-likeness (QED) is 0.680. The Morgan fingerprint density at radius 2 is 2.11 bits per heavy atom. The molecule has 0 aliphatic carbocycles. The molecule has 0 aliphatic heterocycles. The highest BCUT2D eigenvalue weighted by Crippen LogP contribution is 2.20. The molecule has 0 aliphatic rings. The summed E-state index contributed by atoms with van der Waals surface area (Å²) in [5, 5.41) is 15.2. The van der Waals surface area contributed by atoms with Crippen LogP contribution in [0.15, 0.2) is 36.5 Å². The number of amides is 1. The molecule has 0 saturated carbocycles. The molecule has 18 heavy (non-hydrogen) atoms. The van der Waals surface area contributed by atoms with E-state index in [9.17, 15) is 4.79 Å². The van der Waals surface area contributed by atoms with Gasteiger partial charge in [0, 0.05) is 18.1 Å². The number of para-hydroxylation sites is 1. The number of nitrogens with zero attached hydrogens (tertiary/aromatic N) is 1. The van der Waals surface area contributed by atoms with Crippen LogP contribution in [0.25, 0.3) is 10.9 Å². The summed E-state index contributed by atoms with van der Waals surface area (Å²) in [5.74, 6) is -0.151. The number of fused-ring (bicyclic) bond motifs is 1. The van der Waals surface area contributed by atoms with Gasteiger partial charge in [-0.3, -0.25) is 9.78 Å². The molecule has 2 aromatic rings. The molecule has 1 aromatic carbocycles. The van der Waals surface area contributed by atoms with Gasteiger partial charge in [0.1, 0.15) is 0 Å². The number of rotatable bonds is 5. The van der Waals surface area contributed by atoms with Crippen LogP contribution in [-0.2, 0) is 4.79 Å². The molecule has 94 valence electrons. The minimum absolute atomic E-state index is 0.0170. The molecule has 0 saturated heterocycles. The van der Waals surface area contributed by atoms with Crippen molar-refractivity contribution in [3.8, 4) is 0 Å². The number of hydrogen-bond acceptors (Lipinski definition) is 4. The second-order valence-electron chi connectivity index (χ2n) is 3.83. The van der Waals surface area contributed by atoms with Crippen LogP contribution in [0.2, 0.25) is 0 Å². The van der Waals surface area contributed by atoms with Gasteiger partial charge >= 0.3 is 0 Å². The van der Waals surface area contributed by atoms with Gasteiger partial charge in [0.2, 0.25) is 5.91 Å². The van der Waals surface area contributed by atoms with Crippen molar-refractivity contribution in [3.05, 3.63) is 36.5 Å². The van der Waals surface area contributed by atoms with E-state index < -0.39 is 0 Å². The highest BCUT2D eigenvalue weighted by atomic mass is 16.3. The highest BCUT2D eigenvalue weighted by molar-refractivity contribution is 6.00. The van der Waals surface area contributed by atoms with E-state index in [-0.39, 0.29) is 19.1 Å². The van der Waals surface area contributed by atoms with Gasteiger partial charge in [0.05, 0.1) is 24.4 Å². The third-order valence-corrected chi connectivity index (χ3v) is 2.48. The molecule has 5 heteroatoms. The molecule has 1 amide bonds. The normalized spacial score (nSPS) is 10.5. The van der Waals surface area contributed by atoms with Crippen molar-refractivity contribution in [1.29, 1.82) is 0 Å². The minimum atomic E-state index is -0.151. The van der Waals surface area contributed by atoms with Crippen molar-refractivity contribution in [1.82, 2.24) is 10.3 Å². The van der Waals surface area contributed by atoms with Crippen molar-refractivity contribution in [2.45, 2.75) is 0 Å². The molecule has 0 spiro atoms. The first-order valence-electron chi connectivity index (χ1n) is 5.76. The van der Waals surface area contributed by atoms with Crippen LogP contribution >= 0.6 is 0 Å². The molecule has 0 atom stereocenters. The van der Waals surface area contributed by atoms with Gasteiger partial charge in [-0.1, -0.05) is 18.2 Å². The summed E-state index contributed by atoms with van der Waals surface area (Å²) in [5.41, 5.74) is 1.47. The Morgan fingerprint density at radius 1 is 1.28 bits per heavy atom. The smallest absolute Gasteiger partial charge is 0.238 e. The Morgan fingerprint density at radius 3 is 2.94 bits per heavy atom. The lowest BCUT2D eigenvalue weighted by atomic mass is 10.2. The zero-order valence-corrected chi connectivity index (χ0v) is 9.89. The van der Waals surface area contributed by atoms with Crippen LogP contribution < -0.4 is 10.6 Å². The SMILES string of the molecule is O=C(CNCCO)Nc1cccc2cccnc12. The largest absolute Gasteiger partial charge is 0.395 e. The fraction of sp³-hybridized carbons (Fsp3) is 0.231. The van der Waals surface area contributed by atoms with Crippen LogP contribution in [-0.4, -0.2) is 35.7 Å². The predicted octanol–water partition coefficient (Wildman–Crippen LogP) is 0.755. The lowest BCUT2D eigenvalue weighted by Gasteiger charge is -2.08. The summed E-state index contributed by atoms with van der Waals surface area (Å²) in [6.07, 6.45) is 1.70. The zero-order valence-electron chi connectivity index (χ0n) is 9.89. The molecule has 2 rings (SSSR count). The Hall–Kier alpha value is -1.98.